The molecule has 0 aromatic heterocycles. The molecule has 3 rings (SSSR count). The molecule has 0 atom stereocenters. The van der Waals surface area contributed by atoms with E-state index in [1.54, 1.807) is 24.3 Å². The van der Waals surface area contributed by atoms with Gasteiger partial charge in [0.1, 0.15) is 5.75 Å². The summed E-state index contributed by atoms with van der Waals surface area (Å²) in [5, 5.41) is 12.5. The summed E-state index contributed by atoms with van der Waals surface area (Å²) in [6.45, 7) is 1.85. The van der Waals surface area contributed by atoms with Gasteiger partial charge in [0.2, 0.25) is 0 Å². The van der Waals surface area contributed by atoms with Crippen molar-refractivity contribution in [1.29, 1.82) is 0 Å². The van der Waals surface area contributed by atoms with Gasteiger partial charge in [-0.3, -0.25) is 10.1 Å². The number of carbonyl (C=O) groups excluding carboxylic acids is 1. The monoisotopic (exact) mass is 530 g/mol. The molecule has 0 aliphatic carbocycles. The summed E-state index contributed by atoms with van der Waals surface area (Å²) in [6.07, 6.45) is 1.46. The first kappa shape index (κ1) is 20.1. The molecule has 0 radical (unpaired) electrons. The molecule has 6 nitrogen and oxygen atoms in total. The highest BCUT2D eigenvalue weighted by molar-refractivity contribution is 9.11. The number of benzene rings is 2. The molecule has 0 spiro atoms. The second-order valence-electron chi connectivity index (χ2n) is 5.57. The maximum atomic E-state index is 12.4. The summed E-state index contributed by atoms with van der Waals surface area (Å²) in [4.78, 5) is 12.4. The van der Waals surface area contributed by atoms with Crippen LogP contribution in [0.3, 0.4) is 0 Å². The molecule has 0 bridgehead atoms. The van der Waals surface area contributed by atoms with Crippen molar-refractivity contribution in [2.24, 2.45) is 4.40 Å². The molecule has 1 aliphatic rings. The Morgan fingerprint density at radius 3 is 2.52 bits per heavy atom. The summed E-state index contributed by atoms with van der Waals surface area (Å²) in [6, 6.07) is 9.58. The number of halogens is 2. The van der Waals surface area contributed by atoms with Gasteiger partial charge in [0.25, 0.3) is 15.9 Å². The SMILES string of the molecule is Cc1ccc(S(=O)(=O)N=C2NC(=O)C(=Cc3cc(Br)cc(Br)c3O)S2)cc1. The third kappa shape index (κ3) is 4.63. The van der Waals surface area contributed by atoms with Crippen LogP contribution in [0.5, 0.6) is 5.75 Å². The third-order valence-corrected chi connectivity index (χ3v) is 6.90. The van der Waals surface area contributed by atoms with E-state index in [0.717, 1.165) is 17.3 Å². The van der Waals surface area contributed by atoms with Gasteiger partial charge in [-0.15, -0.1) is 4.40 Å². The van der Waals surface area contributed by atoms with Crippen LogP contribution in [0, 0.1) is 6.92 Å². The highest BCUT2D eigenvalue weighted by Crippen LogP contribution is 2.35. The number of hydrogen-bond acceptors (Lipinski definition) is 5. The Morgan fingerprint density at radius 2 is 1.85 bits per heavy atom. The van der Waals surface area contributed by atoms with Gasteiger partial charge in [0.15, 0.2) is 5.17 Å². The third-order valence-electron chi connectivity index (χ3n) is 3.52. The molecule has 0 saturated carbocycles. The number of sulfonamides is 1. The molecule has 2 aromatic carbocycles. The number of amidine groups is 1. The smallest absolute Gasteiger partial charge is 0.284 e. The van der Waals surface area contributed by atoms with Crippen LogP contribution in [-0.4, -0.2) is 24.6 Å². The first-order chi connectivity index (χ1) is 12.7. The zero-order valence-electron chi connectivity index (χ0n) is 13.7. The average Bonchev–Trinajstić information content (AvgIpc) is 2.91. The highest BCUT2D eigenvalue weighted by Gasteiger charge is 2.27. The number of phenols is 1. The molecule has 27 heavy (non-hydrogen) atoms. The zero-order chi connectivity index (χ0) is 19.8. The van der Waals surface area contributed by atoms with Crippen molar-refractivity contribution in [2.75, 3.05) is 0 Å². The standard InChI is InChI=1S/C17H12Br2N2O4S2/c1-9-2-4-12(5-3-9)27(24,25)21-17-20-16(23)14(26-17)7-10-6-11(18)8-13(19)15(10)22/h2-8,22H,1H3,(H,20,21,23). The van der Waals surface area contributed by atoms with Crippen LogP contribution in [-0.2, 0) is 14.8 Å². The predicted molar refractivity (Wildman–Crippen MR) is 113 cm³/mol. The van der Waals surface area contributed by atoms with Gasteiger partial charge in [0, 0.05) is 10.0 Å². The minimum absolute atomic E-state index is 0.0308. The molecule has 1 saturated heterocycles. The fourth-order valence-electron chi connectivity index (χ4n) is 2.18. The molecule has 10 heteroatoms. The number of hydrogen-bond donors (Lipinski definition) is 2. The van der Waals surface area contributed by atoms with E-state index in [2.05, 4.69) is 41.6 Å². The molecule has 2 aromatic rings. The van der Waals surface area contributed by atoms with Crippen LogP contribution in [0.2, 0.25) is 0 Å². The van der Waals surface area contributed by atoms with Crippen LogP contribution >= 0.6 is 43.6 Å². The minimum Gasteiger partial charge on any atom is -0.506 e. The molecule has 0 unspecified atom stereocenters. The van der Waals surface area contributed by atoms with E-state index >= 15 is 0 Å². The van der Waals surface area contributed by atoms with Crippen molar-refractivity contribution in [3.05, 3.63) is 61.4 Å². The summed E-state index contributed by atoms with van der Waals surface area (Å²) in [7, 11) is -3.94. The van der Waals surface area contributed by atoms with Crippen molar-refractivity contribution in [1.82, 2.24) is 5.32 Å². The molecular formula is C17H12Br2N2O4S2. The van der Waals surface area contributed by atoms with E-state index in [0.29, 0.717) is 14.5 Å². The number of aryl methyl sites for hydroxylation is 1. The molecule has 1 aliphatic heterocycles. The Bertz CT molecular complexity index is 1090. The Balaban J connectivity index is 1.91. The Morgan fingerprint density at radius 1 is 1.19 bits per heavy atom. The Labute approximate surface area is 177 Å². The number of thioether (sulfide) groups is 1. The maximum Gasteiger partial charge on any atom is 0.284 e. The maximum absolute atomic E-state index is 12.4. The van der Waals surface area contributed by atoms with E-state index in [4.69, 9.17) is 0 Å². The van der Waals surface area contributed by atoms with Crippen molar-refractivity contribution < 1.29 is 18.3 Å². The van der Waals surface area contributed by atoms with Gasteiger partial charge < -0.3 is 5.11 Å². The van der Waals surface area contributed by atoms with Crippen molar-refractivity contribution in [3.63, 3.8) is 0 Å². The normalized spacial score (nSPS) is 17.5. The van der Waals surface area contributed by atoms with Gasteiger partial charge in [0.05, 0.1) is 14.3 Å². The predicted octanol–water partition coefficient (Wildman–Crippen LogP) is 4.17. The first-order valence-corrected chi connectivity index (χ1v) is 11.3. The zero-order valence-corrected chi connectivity index (χ0v) is 18.5. The van der Waals surface area contributed by atoms with E-state index in [9.17, 15) is 18.3 Å². The number of amides is 1. The minimum atomic E-state index is -3.94. The average molecular weight is 532 g/mol. The molecular weight excluding hydrogens is 520 g/mol. The van der Waals surface area contributed by atoms with Gasteiger partial charge >= 0.3 is 0 Å². The summed E-state index contributed by atoms with van der Waals surface area (Å²) >= 11 is 7.43. The van der Waals surface area contributed by atoms with Gasteiger partial charge in [-0.25, -0.2) is 0 Å². The van der Waals surface area contributed by atoms with Crippen LogP contribution in [0.1, 0.15) is 11.1 Å². The summed E-state index contributed by atoms with van der Waals surface area (Å²) in [5.74, 6) is -0.523. The van der Waals surface area contributed by atoms with Gasteiger partial charge in [-0.1, -0.05) is 33.6 Å². The number of rotatable bonds is 3. The lowest BCUT2D eigenvalue weighted by Gasteiger charge is -2.03. The van der Waals surface area contributed by atoms with E-state index < -0.39 is 15.9 Å². The fraction of sp³-hybridized carbons (Fsp3) is 0.0588. The van der Waals surface area contributed by atoms with E-state index in [1.807, 2.05) is 6.92 Å². The van der Waals surface area contributed by atoms with Crippen molar-refractivity contribution in [2.45, 2.75) is 11.8 Å². The van der Waals surface area contributed by atoms with Gasteiger partial charge in [-0.05, 0) is 65.0 Å². The van der Waals surface area contributed by atoms with Gasteiger partial charge in [-0.2, -0.15) is 8.42 Å². The number of nitrogens with zero attached hydrogens (tertiary/aromatic N) is 1. The molecule has 1 heterocycles. The molecule has 2 N–H and O–H groups in total. The van der Waals surface area contributed by atoms with E-state index in [-0.39, 0.29) is 20.7 Å². The quantitative estimate of drug-likeness (QED) is 0.579. The lowest BCUT2D eigenvalue weighted by molar-refractivity contribution is -0.115. The van der Waals surface area contributed by atoms with Crippen LogP contribution in [0.4, 0.5) is 0 Å². The number of aromatic hydroxyl groups is 1. The topological polar surface area (TPSA) is 95.8 Å². The first-order valence-electron chi connectivity index (χ1n) is 7.46. The second-order valence-corrected chi connectivity index (χ2v) is 9.98. The number of carbonyl (C=O) groups is 1. The van der Waals surface area contributed by atoms with Crippen LogP contribution < -0.4 is 5.32 Å². The van der Waals surface area contributed by atoms with E-state index in [1.165, 1.54) is 18.2 Å². The van der Waals surface area contributed by atoms with Crippen molar-refractivity contribution >= 4 is 70.8 Å². The fourth-order valence-corrected chi connectivity index (χ4v) is 5.41. The number of phenolic OH excluding ortho intramolecular Hbond substituents is 1. The highest BCUT2D eigenvalue weighted by atomic mass is 79.9. The molecule has 1 amide bonds. The Hall–Kier alpha value is -1.62. The number of nitrogens with one attached hydrogen (secondary N) is 1. The van der Waals surface area contributed by atoms with Crippen LogP contribution in [0.25, 0.3) is 6.08 Å². The second kappa shape index (κ2) is 7.78. The lowest BCUT2D eigenvalue weighted by Crippen LogP contribution is -2.20. The molecule has 140 valence electrons. The molecule has 1 fully saturated rings. The summed E-state index contributed by atoms with van der Waals surface area (Å²) < 4.78 is 29.7. The summed E-state index contributed by atoms with van der Waals surface area (Å²) in [5.41, 5.74) is 1.33. The Kier molecular flexibility index (Phi) is 5.80. The lowest BCUT2D eigenvalue weighted by atomic mass is 10.2. The van der Waals surface area contributed by atoms with Crippen molar-refractivity contribution in [3.8, 4) is 5.75 Å². The largest absolute Gasteiger partial charge is 0.506 e. The van der Waals surface area contributed by atoms with Crippen LogP contribution in [0.15, 0.2) is 59.5 Å².